The Bertz CT molecular complexity index is 1200. The molecule has 1 saturated heterocycles. The number of anilines is 2. The summed E-state index contributed by atoms with van der Waals surface area (Å²) in [5.41, 5.74) is 4.51. The first-order valence-electron chi connectivity index (χ1n) is 12.0. The minimum absolute atomic E-state index is 0.0350. The van der Waals surface area contributed by atoms with Gasteiger partial charge in [-0.3, -0.25) is 14.9 Å². The maximum absolute atomic E-state index is 13.4. The number of fused-ring (bicyclic) bond motifs is 1. The average Bonchev–Trinajstić information content (AvgIpc) is 2.76. The van der Waals surface area contributed by atoms with Gasteiger partial charge in [-0.1, -0.05) is 38.1 Å². The maximum Gasteiger partial charge on any atom is 0.335 e. The molecule has 4 rings (SSSR count). The van der Waals surface area contributed by atoms with Crippen LogP contribution in [-0.4, -0.2) is 29.4 Å². The van der Waals surface area contributed by atoms with Crippen LogP contribution in [0.25, 0.3) is 6.08 Å². The third-order valence-electron chi connectivity index (χ3n) is 6.84. The van der Waals surface area contributed by atoms with Crippen LogP contribution in [-0.2, 0) is 16.0 Å². The van der Waals surface area contributed by atoms with Gasteiger partial charge in [-0.05, 0) is 87.4 Å². The topological polar surface area (TPSA) is 69.7 Å². The predicted octanol–water partition coefficient (Wildman–Crippen LogP) is 5.42. The lowest BCUT2D eigenvalue weighted by molar-refractivity contribution is -0.122. The smallest absolute Gasteiger partial charge is 0.335 e. The molecule has 2 aliphatic heterocycles. The van der Waals surface area contributed by atoms with Gasteiger partial charge in [-0.25, -0.2) is 9.69 Å². The van der Waals surface area contributed by atoms with Crippen molar-refractivity contribution in [3.8, 4) is 0 Å². The molecule has 4 amide bonds. The van der Waals surface area contributed by atoms with E-state index in [1.54, 1.807) is 18.2 Å². The van der Waals surface area contributed by atoms with E-state index in [0.717, 1.165) is 22.4 Å². The Morgan fingerprint density at radius 2 is 1.79 bits per heavy atom. The zero-order valence-corrected chi connectivity index (χ0v) is 20.8. The van der Waals surface area contributed by atoms with Crippen LogP contribution in [0.2, 0.25) is 0 Å². The average molecular weight is 460 g/mol. The van der Waals surface area contributed by atoms with Gasteiger partial charge in [0.2, 0.25) is 0 Å². The molecule has 2 aromatic carbocycles. The van der Waals surface area contributed by atoms with Crippen LogP contribution in [0.3, 0.4) is 0 Å². The van der Waals surface area contributed by atoms with Crippen molar-refractivity contribution in [3.05, 3.63) is 64.7 Å². The number of urea groups is 1. The van der Waals surface area contributed by atoms with Crippen molar-refractivity contribution in [1.29, 1.82) is 0 Å². The van der Waals surface area contributed by atoms with Crippen LogP contribution in [0.5, 0.6) is 0 Å². The number of nitrogens with one attached hydrogen (secondary N) is 1. The van der Waals surface area contributed by atoms with Crippen LogP contribution in [0.15, 0.2) is 48.0 Å². The summed E-state index contributed by atoms with van der Waals surface area (Å²) in [7, 11) is 0. The highest BCUT2D eigenvalue weighted by molar-refractivity contribution is 6.39. The van der Waals surface area contributed by atoms with Crippen LogP contribution in [0.4, 0.5) is 16.2 Å². The first-order chi connectivity index (χ1) is 16.0. The molecule has 0 radical (unpaired) electrons. The fraction of sp³-hybridized carbons (Fsp3) is 0.393. The summed E-state index contributed by atoms with van der Waals surface area (Å²) in [5, 5.41) is 2.33. The minimum Gasteiger partial charge on any atom is -0.364 e. The molecule has 178 valence electrons. The van der Waals surface area contributed by atoms with E-state index in [-0.39, 0.29) is 11.1 Å². The molecule has 0 unspecified atom stereocenters. The van der Waals surface area contributed by atoms with Gasteiger partial charge in [0.1, 0.15) is 5.57 Å². The van der Waals surface area contributed by atoms with Crippen molar-refractivity contribution in [2.75, 3.05) is 9.80 Å². The van der Waals surface area contributed by atoms with E-state index < -0.39 is 17.8 Å². The summed E-state index contributed by atoms with van der Waals surface area (Å²) in [4.78, 5) is 42.2. The molecule has 1 N–H and O–H groups in total. The Morgan fingerprint density at radius 3 is 2.47 bits per heavy atom. The second-order valence-electron chi connectivity index (χ2n) is 10.1. The van der Waals surface area contributed by atoms with Crippen molar-refractivity contribution in [2.45, 2.75) is 71.9 Å². The molecular weight excluding hydrogens is 426 g/mol. The first-order valence-corrected chi connectivity index (χ1v) is 12.0. The molecule has 0 bridgehead atoms. The number of benzene rings is 2. The van der Waals surface area contributed by atoms with Crippen molar-refractivity contribution >= 4 is 35.3 Å². The first kappa shape index (κ1) is 23.7. The number of rotatable bonds is 4. The van der Waals surface area contributed by atoms with Gasteiger partial charge in [0.15, 0.2) is 0 Å². The lowest BCUT2D eigenvalue weighted by atomic mass is 9.78. The molecule has 6 nitrogen and oxygen atoms in total. The number of aryl methyl sites for hydroxylation is 1. The molecule has 0 saturated carbocycles. The molecule has 6 heteroatoms. The van der Waals surface area contributed by atoms with E-state index in [0.29, 0.717) is 24.1 Å². The third kappa shape index (κ3) is 4.02. The number of carbonyl (C=O) groups excluding carboxylic acids is 3. The van der Waals surface area contributed by atoms with Crippen LogP contribution in [0, 0.1) is 0 Å². The van der Waals surface area contributed by atoms with Gasteiger partial charge in [-0.2, -0.15) is 0 Å². The summed E-state index contributed by atoms with van der Waals surface area (Å²) in [6.45, 7) is 13.1. The predicted molar refractivity (Wildman–Crippen MR) is 136 cm³/mol. The largest absolute Gasteiger partial charge is 0.364 e. The van der Waals surface area contributed by atoms with Gasteiger partial charge >= 0.3 is 6.03 Å². The van der Waals surface area contributed by atoms with Crippen molar-refractivity contribution in [2.24, 2.45) is 0 Å². The molecule has 0 aliphatic carbocycles. The number of hydrogen-bond acceptors (Lipinski definition) is 4. The van der Waals surface area contributed by atoms with Gasteiger partial charge in [0, 0.05) is 17.3 Å². The highest BCUT2D eigenvalue weighted by Crippen LogP contribution is 2.44. The van der Waals surface area contributed by atoms with Crippen LogP contribution >= 0.6 is 0 Å². The fourth-order valence-electron chi connectivity index (χ4n) is 5.61. The Hall–Kier alpha value is -3.41. The van der Waals surface area contributed by atoms with Crippen molar-refractivity contribution in [3.63, 3.8) is 0 Å². The number of amides is 4. The zero-order chi connectivity index (χ0) is 24.8. The molecule has 1 fully saturated rings. The van der Waals surface area contributed by atoms with Crippen LogP contribution in [0.1, 0.15) is 70.6 Å². The van der Waals surface area contributed by atoms with E-state index >= 15 is 0 Å². The van der Waals surface area contributed by atoms with Crippen molar-refractivity contribution < 1.29 is 14.4 Å². The second-order valence-corrected chi connectivity index (χ2v) is 10.1. The quantitative estimate of drug-likeness (QED) is 0.490. The number of nitrogens with zero attached hydrogens (tertiary/aromatic N) is 2. The van der Waals surface area contributed by atoms with E-state index in [4.69, 9.17) is 0 Å². The molecule has 0 aromatic heterocycles. The molecular formula is C28H33N3O3. The van der Waals surface area contributed by atoms with Gasteiger partial charge in [0.05, 0.1) is 5.69 Å². The Balaban J connectivity index is 1.75. The molecule has 2 aliphatic rings. The van der Waals surface area contributed by atoms with Gasteiger partial charge < -0.3 is 4.90 Å². The monoisotopic (exact) mass is 459 g/mol. The van der Waals surface area contributed by atoms with Crippen molar-refractivity contribution in [1.82, 2.24) is 5.32 Å². The van der Waals surface area contributed by atoms with E-state index in [1.807, 2.05) is 25.1 Å². The molecule has 0 spiro atoms. The van der Waals surface area contributed by atoms with E-state index in [2.05, 4.69) is 57.0 Å². The summed E-state index contributed by atoms with van der Waals surface area (Å²) < 4.78 is 0. The highest BCUT2D eigenvalue weighted by Gasteiger charge is 2.39. The normalized spacial score (nSPS) is 21.2. The highest BCUT2D eigenvalue weighted by atomic mass is 16.2. The van der Waals surface area contributed by atoms with E-state index in [1.165, 1.54) is 11.3 Å². The third-order valence-corrected chi connectivity index (χ3v) is 6.84. The maximum atomic E-state index is 13.4. The van der Waals surface area contributed by atoms with Crippen LogP contribution < -0.4 is 15.1 Å². The van der Waals surface area contributed by atoms with E-state index in [9.17, 15) is 14.4 Å². The Morgan fingerprint density at radius 1 is 1.09 bits per heavy atom. The number of barbiturate groups is 1. The minimum atomic E-state index is -0.720. The number of imide groups is 2. The number of hydrogen-bond donors (Lipinski definition) is 1. The molecule has 2 aromatic rings. The summed E-state index contributed by atoms with van der Waals surface area (Å²) in [5.74, 6) is -0.940. The lowest BCUT2D eigenvalue weighted by Crippen LogP contribution is -2.54. The molecule has 34 heavy (non-hydrogen) atoms. The Kier molecular flexibility index (Phi) is 6.11. The number of carbonyl (C=O) groups is 3. The van der Waals surface area contributed by atoms with Gasteiger partial charge in [-0.15, -0.1) is 0 Å². The molecule has 2 heterocycles. The zero-order valence-electron chi connectivity index (χ0n) is 20.8. The standard InChI is InChI=1S/C28H33N3O3/c1-7-20-10-8-9-11-23(20)30-26(33)22(25(32)29-27(30)34)15-19-12-13-24-21(14-19)18(4)16-28(5,6)31(24)17(2)3/h8-15,17-18H,7,16H2,1-6H3,(H,29,32,34)/b22-15+/t18-/m1/s1. The Labute approximate surface area is 201 Å². The summed E-state index contributed by atoms with van der Waals surface area (Å²) in [6, 6.07) is 13.0. The summed E-state index contributed by atoms with van der Waals surface area (Å²) >= 11 is 0. The fourth-order valence-corrected chi connectivity index (χ4v) is 5.61. The summed E-state index contributed by atoms with van der Waals surface area (Å²) in [6.07, 6.45) is 3.26. The second kappa shape index (κ2) is 8.75. The number of para-hydroxylation sites is 1. The van der Waals surface area contributed by atoms with Gasteiger partial charge in [0.25, 0.3) is 11.8 Å². The lowest BCUT2D eigenvalue weighted by Gasteiger charge is -2.50. The SMILES string of the molecule is CCc1ccccc1N1C(=O)NC(=O)/C(=C\c2ccc3c(c2)[C@H](C)CC(C)(C)N3C(C)C)C1=O. The molecule has 1 atom stereocenters.